The van der Waals surface area contributed by atoms with E-state index in [0.29, 0.717) is 28.1 Å². The Morgan fingerprint density at radius 1 is 1.10 bits per heavy atom. The van der Waals surface area contributed by atoms with Crippen LogP contribution >= 0.6 is 11.6 Å². The summed E-state index contributed by atoms with van der Waals surface area (Å²) in [6.07, 6.45) is 2.59. The molecular formula is C25H26ClN3O2. The second kappa shape index (κ2) is 9.96. The van der Waals surface area contributed by atoms with Gasteiger partial charge in [0.25, 0.3) is 5.91 Å². The van der Waals surface area contributed by atoms with Crippen LogP contribution in [0.1, 0.15) is 28.8 Å². The number of carbonyl (C=O) groups is 1. The van der Waals surface area contributed by atoms with Crippen molar-refractivity contribution in [2.24, 2.45) is 0 Å². The van der Waals surface area contributed by atoms with E-state index >= 15 is 0 Å². The maximum atomic E-state index is 12.5. The Morgan fingerprint density at radius 3 is 2.61 bits per heavy atom. The molecule has 6 heteroatoms. The predicted octanol–water partition coefficient (Wildman–Crippen LogP) is 5.11. The molecule has 1 saturated heterocycles. The molecule has 1 fully saturated rings. The number of benzene rings is 3. The van der Waals surface area contributed by atoms with E-state index < -0.39 is 0 Å². The fourth-order valence-electron chi connectivity index (χ4n) is 3.69. The van der Waals surface area contributed by atoms with Crippen molar-refractivity contribution in [3.8, 4) is 11.1 Å². The Kier molecular flexibility index (Phi) is 6.87. The number of ether oxygens (including phenoxy) is 1. The van der Waals surface area contributed by atoms with E-state index in [1.54, 1.807) is 24.3 Å². The molecule has 0 saturated carbocycles. The maximum absolute atomic E-state index is 12.5. The summed E-state index contributed by atoms with van der Waals surface area (Å²) in [5.74, 6) is -0.205. The first-order valence-corrected chi connectivity index (χ1v) is 10.8. The fraction of sp³-hybridized carbons (Fsp3) is 0.240. The standard InChI is InChI=1S/C25H26ClN3O2/c26-22-14-17(15-28-16-20-4-3-13-31-20)7-12-21(22)18-8-10-19(11-9-18)25(30)29-24-6-2-1-5-23(24)27/h1-2,5-12,14,20,28H,3-4,13,15-16,27H2,(H,29,30). The minimum Gasteiger partial charge on any atom is -0.397 e. The third kappa shape index (κ3) is 5.44. The summed E-state index contributed by atoms with van der Waals surface area (Å²) in [7, 11) is 0. The highest BCUT2D eigenvalue weighted by atomic mass is 35.5. The third-order valence-electron chi connectivity index (χ3n) is 5.43. The average Bonchev–Trinajstić information content (AvgIpc) is 3.29. The van der Waals surface area contributed by atoms with Crippen molar-refractivity contribution in [3.63, 3.8) is 0 Å². The normalized spacial score (nSPS) is 15.7. The SMILES string of the molecule is Nc1ccccc1NC(=O)c1ccc(-c2ccc(CNCC3CCCO3)cc2Cl)cc1. The largest absolute Gasteiger partial charge is 0.397 e. The molecule has 3 aromatic carbocycles. The summed E-state index contributed by atoms with van der Waals surface area (Å²) in [6.45, 7) is 2.48. The molecule has 1 amide bonds. The van der Waals surface area contributed by atoms with Crippen LogP contribution in [0.5, 0.6) is 0 Å². The lowest BCUT2D eigenvalue weighted by Crippen LogP contribution is -2.25. The van der Waals surface area contributed by atoms with Gasteiger partial charge in [0, 0.05) is 35.8 Å². The molecule has 0 aliphatic carbocycles. The van der Waals surface area contributed by atoms with Crippen molar-refractivity contribution in [2.75, 3.05) is 24.2 Å². The molecular weight excluding hydrogens is 410 g/mol. The molecule has 0 bridgehead atoms. The number of carbonyl (C=O) groups excluding carboxylic acids is 1. The fourth-order valence-corrected chi connectivity index (χ4v) is 4.00. The molecule has 0 aromatic heterocycles. The lowest BCUT2D eigenvalue weighted by molar-refractivity contribution is 0.102. The van der Waals surface area contributed by atoms with Crippen molar-refractivity contribution in [1.29, 1.82) is 0 Å². The van der Waals surface area contributed by atoms with Gasteiger partial charge in [-0.2, -0.15) is 0 Å². The van der Waals surface area contributed by atoms with Crippen molar-refractivity contribution in [1.82, 2.24) is 5.32 Å². The van der Waals surface area contributed by atoms with Gasteiger partial charge in [0.15, 0.2) is 0 Å². The van der Waals surface area contributed by atoms with Crippen LogP contribution in [0.15, 0.2) is 66.7 Å². The molecule has 1 heterocycles. The summed E-state index contributed by atoms with van der Waals surface area (Å²) >= 11 is 6.55. The summed E-state index contributed by atoms with van der Waals surface area (Å²) < 4.78 is 5.63. The molecule has 5 nitrogen and oxygen atoms in total. The summed E-state index contributed by atoms with van der Waals surface area (Å²) in [5, 5.41) is 6.96. The van der Waals surface area contributed by atoms with Gasteiger partial charge in [-0.25, -0.2) is 0 Å². The highest BCUT2D eigenvalue weighted by Crippen LogP contribution is 2.29. The molecule has 1 aliphatic heterocycles. The Balaban J connectivity index is 1.38. The smallest absolute Gasteiger partial charge is 0.255 e. The van der Waals surface area contributed by atoms with Gasteiger partial charge in [0.05, 0.1) is 17.5 Å². The van der Waals surface area contributed by atoms with Gasteiger partial charge in [0.2, 0.25) is 0 Å². The zero-order valence-corrected chi connectivity index (χ0v) is 18.0. The molecule has 1 aliphatic rings. The zero-order chi connectivity index (χ0) is 21.6. The van der Waals surface area contributed by atoms with Crippen LogP contribution in [-0.2, 0) is 11.3 Å². The minimum atomic E-state index is -0.205. The van der Waals surface area contributed by atoms with Crippen LogP contribution in [-0.4, -0.2) is 25.2 Å². The van der Waals surface area contributed by atoms with E-state index in [1.165, 1.54) is 0 Å². The van der Waals surface area contributed by atoms with Gasteiger partial charge in [-0.15, -0.1) is 0 Å². The molecule has 31 heavy (non-hydrogen) atoms. The molecule has 1 atom stereocenters. The van der Waals surface area contributed by atoms with Crippen LogP contribution in [0.2, 0.25) is 5.02 Å². The van der Waals surface area contributed by atoms with E-state index in [1.807, 2.05) is 36.4 Å². The molecule has 4 N–H and O–H groups in total. The van der Waals surface area contributed by atoms with E-state index in [4.69, 9.17) is 22.1 Å². The van der Waals surface area contributed by atoms with Gasteiger partial charge in [-0.1, -0.05) is 48.0 Å². The molecule has 160 valence electrons. The lowest BCUT2D eigenvalue weighted by Gasteiger charge is -2.12. The molecule has 3 aromatic rings. The first-order chi connectivity index (χ1) is 15.1. The Hall–Kier alpha value is -2.86. The number of anilines is 2. The number of rotatable bonds is 7. The van der Waals surface area contributed by atoms with Crippen LogP contribution in [0, 0.1) is 0 Å². The van der Waals surface area contributed by atoms with Gasteiger partial charge < -0.3 is 21.1 Å². The first kappa shape index (κ1) is 21.4. The van der Waals surface area contributed by atoms with E-state index in [2.05, 4.69) is 16.7 Å². The molecule has 0 radical (unpaired) electrons. The van der Waals surface area contributed by atoms with Gasteiger partial charge in [0.1, 0.15) is 0 Å². The predicted molar refractivity (Wildman–Crippen MR) is 126 cm³/mol. The van der Waals surface area contributed by atoms with Crippen molar-refractivity contribution < 1.29 is 9.53 Å². The Labute approximate surface area is 187 Å². The second-order valence-electron chi connectivity index (χ2n) is 7.70. The molecule has 1 unspecified atom stereocenters. The highest BCUT2D eigenvalue weighted by molar-refractivity contribution is 6.33. The summed E-state index contributed by atoms with van der Waals surface area (Å²) in [5.41, 5.74) is 10.6. The highest BCUT2D eigenvalue weighted by Gasteiger charge is 2.14. The quantitative estimate of drug-likeness (QED) is 0.451. The maximum Gasteiger partial charge on any atom is 0.255 e. The number of nitrogen functional groups attached to an aromatic ring is 1. The van der Waals surface area contributed by atoms with Gasteiger partial charge >= 0.3 is 0 Å². The molecule has 4 rings (SSSR count). The summed E-state index contributed by atoms with van der Waals surface area (Å²) in [4.78, 5) is 12.5. The monoisotopic (exact) mass is 435 g/mol. The van der Waals surface area contributed by atoms with Crippen LogP contribution < -0.4 is 16.4 Å². The molecule has 0 spiro atoms. The van der Waals surface area contributed by atoms with Crippen LogP contribution in [0.25, 0.3) is 11.1 Å². The number of nitrogens with two attached hydrogens (primary N) is 1. The third-order valence-corrected chi connectivity index (χ3v) is 5.74. The number of amides is 1. The minimum absolute atomic E-state index is 0.205. The van der Waals surface area contributed by atoms with E-state index in [0.717, 1.165) is 49.2 Å². The van der Waals surface area contributed by atoms with Gasteiger partial charge in [-0.3, -0.25) is 4.79 Å². The van der Waals surface area contributed by atoms with Crippen LogP contribution in [0.4, 0.5) is 11.4 Å². The van der Waals surface area contributed by atoms with Crippen molar-refractivity contribution >= 4 is 28.9 Å². The Morgan fingerprint density at radius 2 is 1.90 bits per heavy atom. The number of hydrogen-bond acceptors (Lipinski definition) is 4. The topological polar surface area (TPSA) is 76.4 Å². The van der Waals surface area contributed by atoms with Crippen molar-refractivity contribution in [3.05, 3.63) is 82.9 Å². The number of halogens is 1. The number of hydrogen-bond donors (Lipinski definition) is 3. The van der Waals surface area contributed by atoms with E-state index in [9.17, 15) is 4.79 Å². The zero-order valence-electron chi connectivity index (χ0n) is 17.2. The van der Waals surface area contributed by atoms with Crippen LogP contribution in [0.3, 0.4) is 0 Å². The number of para-hydroxylation sites is 2. The van der Waals surface area contributed by atoms with Crippen molar-refractivity contribution in [2.45, 2.75) is 25.5 Å². The average molecular weight is 436 g/mol. The van der Waals surface area contributed by atoms with Gasteiger partial charge in [-0.05, 0) is 54.3 Å². The number of nitrogens with one attached hydrogen (secondary N) is 2. The second-order valence-corrected chi connectivity index (χ2v) is 8.11. The summed E-state index contributed by atoms with van der Waals surface area (Å²) in [6, 6.07) is 20.6. The first-order valence-electron chi connectivity index (χ1n) is 10.5. The van der Waals surface area contributed by atoms with E-state index in [-0.39, 0.29) is 5.91 Å². The lowest BCUT2D eigenvalue weighted by atomic mass is 10.0. The Bertz CT molecular complexity index is 1050.